The minimum Gasteiger partial charge on any atom is -0.339 e. The summed E-state index contributed by atoms with van der Waals surface area (Å²) in [6, 6.07) is 4.26. The summed E-state index contributed by atoms with van der Waals surface area (Å²) in [4.78, 5) is 31.8. The van der Waals surface area contributed by atoms with Crippen molar-refractivity contribution in [2.75, 3.05) is 12.4 Å². The van der Waals surface area contributed by atoms with Crippen LogP contribution in [0.3, 0.4) is 0 Å². The van der Waals surface area contributed by atoms with Crippen LogP contribution in [0, 0.1) is 18.8 Å². The number of benzene rings is 1. The van der Waals surface area contributed by atoms with Crippen molar-refractivity contribution in [3.63, 3.8) is 0 Å². The number of rotatable bonds is 6. The molecular formula is C24H29F3N4O2. The summed E-state index contributed by atoms with van der Waals surface area (Å²) < 4.78 is 41.1. The van der Waals surface area contributed by atoms with Gasteiger partial charge < -0.3 is 14.8 Å². The van der Waals surface area contributed by atoms with Gasteiger partial charge in [-0.15, -0.1) is 0 Å². The molecule has 0 saturated heterocycles. The van der Waals surface area contributed by atoms with Crippen LogP contribution in [0.15, 0.2) is 30.6 Å². The van der Waals surface area contributed by atoms with Crippen molar-refractivity contribution in [1.29, 1.82) is 0 Å². The fourth-order valence-corrected chi connectivity index (χ4v) is 4.53. The minimum absolute atomic E-state index is 0.00139. The van der Waals surface area contributed by atoms with Crippen LogP contribution < -0.4 is 5.32 Å². The monoisotopic (exact) mass is 462 g/mol. The van der Waals surface area contributed by atoms with Crippen LogP contribution in [-0.2, 0) is 17.5 Å². The van der Waals surface area contributed by atoms with Crippen molar-refractivity contribution in [3.05, 3.63) is 47.4 Å². The van der Waals surface area contributed by atoms with Gasteiger partial charge in [-0.2, -0.15) is 13.2 Å². The van der Waals surface area contributed by atoms with Gasteiger partial charge in [-0.05, 0) is 63.1 Å². The summed E-state index contributed by atoms with van der Waals surface area (Å²) in [5.41, 5.74) is -0.0764. The van der Waals surface area contributed by atoms with E-state index in [-0.39, 0.29) is 23.4 Å². The molecule has 2 saturated carbocycles. The molecule has 9 heteroatoms. The molecule has 0 radical (unpaired) electrons. The molecule has 1 N–H and O–H groups in total. The Kier molecular flexibility index (Phi) is 6.50. The number of amides is 2. The molecule has 2 fully saturated rings. The molecule has 0 spiro atoms. The lowest BCUT2D eigenvalue weighted by atomic mass is 9.84. The molecule has 2 aliphatic carbocycles. The average Bonchev–Trinajstić information content (AvgIpc) is 3.56. The zero-order chi connectivity index (χ0) is 23.8. The number of carbonyl (C=O) groups is 2. The number of aromatic nitrogens is 2. The van der Waals surface area contributed by atoms with E-state index in [0.29, 0.717) is 25.2 Å². The van der Waals surface area contributed by atoms with E-state index in [1.165, 1.54) is 29.9 Å². The van der Waals surface area contributed by atoms with Gasteiger partial charge in [0.25, 0.3) is 5.91 Å². The Morgan fingerprint density at radius 2 is 1.97 bits per heavy atom. The molecule has 2 aromatic rings. The molecule has 1 aromatic heterocycles. The van der Waals surface area contributed by atoms with Gasteiger partial charge in [-0.3, -0.25) is 9.59 Å². The molecule has 2 amide bonds. The molecule has 4 rings (SSSR count). The molecule has 2 aliphatic rings. The summed E-state index contributed by atoms with van der Waals surface area (Å²) in [5.74, 6) is 0.529. The first-order valence-electron chi connectivity index (χ1n) is 11.4. The average molecular weight is 463 g/mol. The number of hydrogen-bond donors (Lipinski definition) is 1. The molecule has 0 unspecified atom stereocenters. The second kappa shape index (κ2) is 9.19. The standard InChI is InChI=1S/C24H29F3N4O2/c1-15-21(31(14-28-15)13-16-9-10-16)29-22(32)17-5-4-8-20(12-17)30(2)23(33)18-6-3-7-19(11-18)24(25,26)27/h3,6-7,11,14,16-17,20H,4-5,8-10,12-13H2,1-2H3,(H,29,32)/t17-,20+/m0/s1. The Morgan fingerprint density at radius 3 is 2.67 bits per heavy atom. The van der Waals surface area contributed by atoms with Crippen LogP contribution in [-0.4, -0.2) is 39.4 Å². The van der Waals surface area contributed by atoms with Crippen LogP contribution in [0.4, 0.5) is 19.0 Å². The lowest BCUT2D eigenvalue weighted by Gasteiger charge is -2.35. The summed E-state index contributed by atoms with van der Waals surface area (Å²) in [7, 11) is 1.60. The topological polar surface area (TPSA) is 67.2 Å². The fourth-order valence-electron chi connectivity index (χ4n) is 4.53. The third-order valence-corrected chi connectivity index (χ3v) is 6.74. The Morgan fingerprint density at radius 1 is 1.21 bits per heavy atom. The van der Waals surface area contributed by atoms with Gasteiger partial charge in [-0.25, -0.2) is 4.98 Å². The molecule has 33 heavy (non-hydrogen) atoms. The predicted octanol–water partition coefficient (Wildman–Crippen LogP) is 4.89. The van der Waals surface area contributed by atoms with E-state index in [0.717, 1.165) is 36.6 Å². The van der Waals surface area contributed by atoms with Gasteiger partial charge in [0, 0.05) is 31.1 Å². The van der Waals surface area contributed by atoms with Gasteiger partial charge in [-0.1, -0.05) is 12.5 Å². The maximum Gasteiger partial charge on any atom is 0.416 e. The molecule has 2 atom stereocenters. The van der Waals surface area contributed by atoms with E-state index in [4.69, 9.17) is 0 Å². The number of anilines is 1. The van der Waals surface area contributed by atoms with Gasteiger partial charge in [0.05, 0.1) is 17.6 Å². The zero-order valence-corrected chi connectivity index (χ0v) is 18.9. The molecule has 0 aliphatic heterocycles. The highest BCUT2D eigenvalue weighted by molar-refractivity contribution is 5.95. The number of aryl methyl sites for hydroxylation is 1. The second-order valence-corrected chi connectivity index (χ2v) is 9.28. The number of halogens is 3. The summed E-state index contributed by atoms with van der Waals surface area (Å²) >= 11 is 0. The third kappa shape index (κ3) is 5.39. The van der Waals surface area contributed by atoms with Crippen LogP contribution >= 0.6 is 0 Å². The molecule has 178 valence electrons. The fraction of sp³-hybridized carbons (Fsp3) is 0.542. The van der Waals surface area contributed by atoms with Crippen LogP contribution in [0.1, 0.15) is 60.1 Å². The lowest BCUT2D eigenvalue weighted by Crippen LogP contribution is -2.42. The minimum atomic E-state index is -4.51. The number of alkyl halides is 3. The number of hydrogen-bond acceptors (Lipinski definition) is 3. The highest BCUT2D eigenvalue weighted by atomic mass is 19.4. The molecule has 6 nitrogen and oxygen atoms in total. The van der Waals surface area contributed by atoms with Crippen molar-refractivity contribution in [3.8, 4) is 0 Å². The first-order chi connectivity index (χ1) is 15.6. The molecular weight excluding hydrogens is 433 g/mol. The Labute approximate surface area is 191 Å². The molecule has 1 heterocycles. The van der Waals surface area contributed by atoms with E-state index in [2.05, 4.69) is 10.3 Å². The van der Waals surface area contributed by atoms with Crippen LogP contribution in [0.5, 0.6) is 0 Å². The maximum absolute atomic E-state index is 13.1. The summed E-state index contributed by atoms with van der Waals surface area (Å²) in [6.07, 6.45) is 2.31. The SMILES string of the molecule is Cc1ncn(CC2CC2)c1NC(=O)[C@H]1CCC[C@@H](N(C)C(=O)c2cccc(C(F)(F)F)c2)C1. The number of carbonyl (C=O) groups excluding carboxylic acids is 2. The highest BCUT2D eigenvalue weighted by Gasteiger charge is 2.34. The second-order valence-electron chi connectivity index (χ2n) is 9.28. The first kappa shape index (κ1) is 23.3. The Balaban J connectivity index is 1.41. The van der Waals surface area contributed by atoms with Gasteiger partial charge in [0.15, 0.2) is 0 Å². The molecule has 1 aromatic carbocycles. The van der Waals surface area contributed by atoms with E-state index >= 15 is 0 Å². The van der Waals surface area contributed by atoms with Crippen molar-refractivity contribution < 1.29 is 22.8 Å². The van der Waals surface area contributed by atoms with E-state index in [1.54, 1.807) is 13.4 Å². The quantitative estimate of drug-likeness (QED) is 0.665. The van der Waals surface area contributed by atoms with E-state index < -0.39 is 17.6 Å². The Hall–Kier alpha value is -2.84. The molecule has 0 bridgehead atoms. The lowest BCUT2D eigenvalue weighted by molar-refractivity contribution is -0.137. The van der Waals surface area contributed by atoms with Gasteiger partial charge in [0.1, 0.15) is 5.82 Å². The van der Waals surface area contributed by atoms with Crippen molar-refractivity contribution >= 4 is 17.6 Å². The third-order valence-electron chi connectivity index (χ3n) is 6.74. The number of nitrogens with zero attached hydrogens (tertiary/aromatic N) is 3. The van der Waals surface area contributed by atoms with E-state index in [9.17, 15) is 22.8 Å². The summed E-state index contributed by atoms with van der Waals surface area (Å²) in [5, 5.41) is 3.04. The first-order valence-corrected chi connectivity index (χ1v) is 11.4. The van der Waals surface area contributed by atoms with E-state index in [1.807, 2.05) is 11.5 Å². The number of imidazole rings is 1. The van der Waals surface area contributed by atoms with Crippen molar-refractivity contribution in [2.24, 2.45) is 11.8 Å². The smallest absolute Gasteiger partial charge is 0.339 e. The zero-order valence-electron chi connectivity index (χ0n) is 18.9. The van der Waals surface area contributed by atoms with Gasteiger partial charge >= 0.3 is 6.18 Å². The predicted molar refractivity (Wildman–Crippen MR) is 118 cm³/mol. The maximum atomic E-state index is 13.1. The van der Waals surface area contributed by atoms with Crippen LogP contribution in [0.25, 0.3) is 0 Å². The van der Waals surface area contributed by atoms with Crippen molar-refractivity contribution in [2.45, 2.75) is 64.2 Å². The summed E-state index contributed by atoms with van der Waals surface area (Å²) in [6.45, 7) is 2.71. The van der Waals surface area contributed by atoms with Gasteiger partial charge in [0.2, 0.25) is 5.91 Å². The Bertz CT molecular complexity index is 1030. The highest BCUT2D eigenvalue weighted by Crippen LogP contribution is 2.34. The number of nitrogens with one attached hydrogen (secondary N) is 1. The van der Waals surface area contributed by atoms with Crippen molar-refractivity contribution in [1.82, 2.24) is 14.5 Å². The normalized spacial score (nSPS) is 21.0. The van der Waals surface area contributed by atoms with Crippen LogP contribution in [0.2, 0.25) is 0 Å². The largest absolute Gasteiger partial charge is 0.416 e.